The number of carbonyl (C=O) groups excluding carboxylic acids is 1. The van der Waals surface area contributed by atoms with Gasteiger partial charge in [0.25, 0.3) is 0 Å². The standard InChI is InChI=1S/C21H20FN3O3/c22-16-11-13(5-6-15(16)21(27)28)12-19(26)25-9-7-14(8-10-25)20-23-17-3-1-2-4-18(17)24-20/h1-6,11,14H,7-10,12H2,(H,23,24)(H,27,28). The Hall–Kier alpha value is -3.22. The fourth-order valence-electron chi connectivity index (χ4n) is 3.70. The van der Waals surface area contributed by atoms with Gasteiger partial charge in [0.15, 0.2) is 0 Å². The summed E-state index contributed by atoms with van der Waals surface area (Å²) in [5.41, 5.74) is 2.06. The number of imidazole rings is 1. The van der Waals surface area contributed by atoms with Crippen molar-refractivity contribution in [3.63, 3.8) is 0 Å². The van der Waals surface area contributed by atoms with Crippen LogP contribution in [-0.2, 0) is 11.2 Å². The van der Waals surface area contributed by atoms with Gasteiger partial charge in [-0.25, -0.2) is 14.2 Å². The third-order valence-electron chi connectivity index (χ3n) is 5.26. The van der Waals surface area contributed by atoms with Gasteiger partial charge in [0.05, 0.1) is 23.0 Å². The number of amides is 1. The van der Waals surface area contributed by atoms with Gasteiger partial charge < -0.3 is 15.0 Å². The fourth-order valence-corrected chi connectivity index (χ4v) is 3.70. The maximum absolute atomic E-state index is 13.8. The largest absolute Gasteiger partial charge is 0.478 e. The van der Waals surface area contributed by atoms with E-state index in [1.54, 1.807) is 4.90 Å². The van der Waals surface area contributed by atoms with E-state index in [1.807, 2.05) is 24.3 Å². The lowest BCUT2D eigenvalue weighted by Crippen LogP contribution is -2.39. The minimum atomic E-state index is -1.32. The van der Waals surface area contributed by atoms with Gasteiger partial charge in [-0.15, -0.1) is 0 Å². The topological polar surface area (TPSA) is 86.3 Å². The van der Waals surface area contributed by atoms with Crippen molar-refractivity contribution < 1.29 is 19.1 Å². The minimum absolute atomic E-state index is 0.0616. The molecule has 0 aliphatic carbocycles. The number of piperidine rings is 1. The number of fused-ring (bicyclic) bond motifs is 1. The van der Waals surface area contributed by atoms with Gasteiger partial charge in [-0.2, -0.15) is 0 Å². The number of carboxylic acids is 1. The number of nitrogens with zero attached hydrogens (tertiary/aromatic N) is 2. The number of likely N-dealkylation sites (tertiary alicyclic amines) is 1. The number of aromatic nitrogens is 2. The van der Waals surface area contributed by atoms with Gasteiger partial charge in [-0.3, -0.25) is 4.79 Å². The van der Waals surface area contributed by atoms with Crippen LogP contribution in [0.3, 0.4) is 0 Å². The van der Waals surface area contributed by atoms with Crippen LogP contribution in [0.2, 0.25) is 0 Å². The Kier molecular flexibility index (Phi) is 4.81. The summed E-state index contributed by atoms with van der Waals surface area (Å²) in [6.07, 6.45) is 1.70. The second-order valence-corrected chi connectivity index (χ2v) is 7.09. The van der Waals surface area contributed by atoms with Gasteiger partial charge in [0.2, 0.25) is 5.91 Å². The molecule has 7 heteroatoms. The van der Waals surface area contributed by atoms with Crippen molar-refractivity contribution in [3.05, 3.63) is 65.2 Å². The number of para-hydroxylation sites is 2. The van der Waals surface area contributed by atoms with Crippen molar-refractivity contribution in [2.75, 3.05) is 13.1 Å². The van der Waals surface area contributed by atoms with Crippen LogP contribution in [0.5, 0.6) is 0 Å². The number of halogens is 1. The average Bonchev–Trinajstić information content (AvgIpc) is 3.12. The normalized spacial score (nSPS) is 15.1. The summed E-state index contributed by atoms with van der Waals surface area (Å²) >= 11 is 0. The summed E-state index contributed by atoms with van der Waals surface area (Å²) in [5.74, 6) is -0.974. The van der Waals surface area contributed by atoms with E-state index in [-0.39, 0.29) is 23.8 Å². The highest BCUT2D eigenvalue weighted by Gasteiger charge is 2.26. The van der Waals surface area contributed by atoms with E-state index in [0.717, 1.165) is 35.8 Å². The minimum Gasteiger partial charge on any atom is -0.478 e. The number of aromatic amines is 1. The summed E-state index contributed by atoms with van der Waals surface area (Å²) in [5, 5.41) is 8.88. The van der Waals surface area contributed by atoms with Gasteiger partial charge in [-0.1, -0.05) is 18.2 Å². The van der Waals surface area contributed by atoms with E-state index < -0.39 is 11.8 Å². The smallest absolute Gasteiger partial charge is 0.338 e. The second-order valence-electron chi connectivity index (χ2n) is 7.09. The Morgan fingerprint density at radius 2 is 1.93 bits per heavy atom. The maximum Gasteiger partial charge on any atom is 0.338 e. The number of benzene rings is 2. The van der Waals surface area contributed by atoms with Crippen LogP contribution in [0.25, 0.3) is 11.0 Å². The molecule has 4 rings (SSSR count). The van der Waals surface area contributed by atoms with Crippen molar-refractivity contribution >= 4 is 22.9 Å². The van der Waals surface area contributed by atoms with E-state index in [4.69, 9.17) is 5.11 Å². The van der Waals surface area contributed by atoms with Crippen LogP contribution >= 0.6 is 0 Å². The lowest BCUT2D eigenvalue weighted by molar-refractivity contribution is -0.131. The van der Waals surface area contributed by atoms with Crippen molar-refractivity contribution in [1.82, 2.24) is 14.9 Å². The van der Waals surface area contributed by atoms with Crippen molar-refractivity contribution in [3.8, 4) is 0 Å². The van der Waals surface area contributed by atoms with Gasteiger partial charge >= 0.3 is 5.97 Å². The molecule has 6 nitrogen and oxygen atoms in total. The van der Waals surface area contributed by atoms with Crippen LogP contribution in [0.1, 0.15) is 40.5 Å². The lowest BCUT2D eigenvalue weighted by atomic mass is 9.95. The van der Waals surface area contributed by atoms with Gasteiger partial charge in [-0.05, 0) is 42.7 Å². The van der Waals surface area contributed by atoms with E-state index in [9.17, 15) is 14.0 Å². The molecule has 2 aromatic carbocycles. The van der Waals surface area contributed by atoms with E-state index >= 15 is 0 Å². The van der Waals surface area contributed by atoms with E-state index in [2.05, 4.69) is 9.97 Å². The molecular formula is C21H20FN3O3. The van der Waals surface area contributed by atoms with Crippen LogP contribution < -0.4 is 0 Å². The first-order valence-electron chi connectivity index (χ1n) is 9.25. The summed E-state index contributed by atoms with van der Waals surface area (Å²) < 4.78 is 13.8. The molecule has 0 saturated carbocycles. The molecule has 144 valence electrons. The SMILES string of the molecule is O=C(O)c1ccc(CC(=O)N2CCC(c3nc4ccccc4[nH]3)CC2)cc1F. The van der Waals surface area contributed by atoms with Crippen molar-refractivity contribution in [2.24, 2.45) is 0 Å². The third-order valence-corrected chi connectivity index (χ3v) is 5.26. The molecule has 28 heavy (non-hydrogen) atoms. The molecular weight excluding hydrogens is 361 g/mol. The quantitative estimate of drug-likeness (QED) is 0.726. The predicted molar refractivity (Wildman–Crippen MR) is 102 cm³/mol. The van der Waals surface area contributed by atoms with Crippen LogP contribution in [0, 0.1) is 5.82 Å². The monoisotopic (exact) mass is 381 g/mol. The van der Waals surface area contributed by atoms with Crippen molar-refractivity contribution in [2.45, 2.75) is 25.2 Å². The first-order chi connectivity index (χ1) is 13.5. The zero-order valence-electron chi connectivity index (χ0n) is 15.2. The molecule has 3 aromatic rings. The number of carbonyl (C=O) groups is 2. The third kappa shape index (κ3) is 3.60. The lowest BCUT2D eigenvalue weighted by Gasteiger charge is -2.31. The van der Waals surface area contributed by atoms with Gasteiger partial charge in [0.1, 0.15) is 11.6 Å². The van der Waals surface area contributed by atoms with Crippen LogP contribution in [0.15, 0.2) is 42.5 Å². The maximum atomic E-state index is 13.8. The van der Waals surface area contributed by atoms with E-state index in [0.29, 0.717) is 18.7 Å². The number of nitrogens with one attached hydrogen (secondary N) is 1. The highest BCUT2D eigenvalue weighted by molar-refractivity contribution is 5.88. The Morgan fingerprint density at radius 1 is 1.18 bits per heavy atom. The van der Waals surface area contributed by atoms with Crippen molar-refractivity contribution in [1.29, 1.82) is 0 Å². The molecule has 1 aromatic heterocycles. The first-order valence-corrected chi connectivity index (χ1v) is 9.25. The number of carboxylic acid groups (broad SMARTS) is 1. The summed E-state index contributed by atoms with van der Waals surface area (Å²) in [7, 11) is 0. The molecule has 0 atom stereocenters. The Bertz CT molecular complexity index is 1010. The molecule has 0 radical (unpaired) electrons. The molecule has 1 fully saturated rings. The highest BCUT2D eigenvalue weighted by Crippen LogP contribution is 2.28. The molecule has 1 aliphatic rings. The highest BCUT2D eigenvalue weighted by atomic mass is 19.1. The number of aromatic carboxylic acids is 1. The van der Waals surface area contributed by atoms with Crippen LogP contribution in [0.4, 0.5) is 4.39 Å². The summed E-state index contributed by atoms with van der Waals surface area (Å²) in [6.45, 7) is 1.24. The molecule has 2 heterocycles. The van der Waals surface area contributed by atoms with Crippen LogP contribution in [-0.4, -0.2) is 44.9 Å². The summed E-state index contributed by atoms with van der Waals surface area (Å²) in [4.78, 5) is 33.2. The average molecular weight is 381 g/mol. The fraction of sp³-hybridized carbons (Fsp3) is 0.286. The Morgan fingerprint density at radius 3 is 2.61 bits per heavy atom. The number of H-pyrrole nitrogens is 1. The molecule has 1 amide bonds. The Balaban J connectivity index is 1.37. The molecule has 1 aliphatic heterocycles. The molecule has 0 spiro atoms. The predicted octanol–water partition coefficient (Wildman–Crippen LogP) is 3.35. The molecule has 0 bridgehead atoms. The summed E-state index contributed by atoms with van der Waals surface area (Å²) in [6, 6.07) is 11.7. The van der Waals surface area contributed by atoms with Gasteiger partial charge in [0, 0.05) is 19.0 Å². The van der Waals surface area contributed by atoms with E-state index in [1.165, 1.54) is 12.1 Å². The number of hydrogen-bond donors (Lipinski definition) is 2. The molecule has 0 unspecified atom stereocenters. The second kappa shape index (κ2) is 7.42. The first kappa shape index (κ1) is 18.2. The number of hydrogen-bond acceptors (Lipinski definition) is 3. The Labute approximate surface area is 161 Å². The molecule has 2 N–H and O–H groups in total. The zero-order valence-corrected chi connectivity index (χ0v) is 15.2. The number of rotatable bonds is 4. The molecule has 1 saturated heterocycles. The zero-order chi connectivity index (χ0) is 19.7.